The summed E-state index contributed by atoms with van der Waals surface area (Å²) in [7, 11) is 0. The van der Waals surface area contributed by atoms with Crippen LogP contribution in [0.2, 0.25) is 0 Å². The van der Waals surface area contributed by atoms with Gasteiger partial charge in [0.05, 0.1) is 12.2 Å². The Kier molecular flexibility index (Phi) is 2.48. The molecule has 1 fully saturated rings. The Balaban J connectivity index is 2.27. The van der Waals surface area contributed by atoms with Crippen LogP contribution in [0.3, 0.4) is 0 Å². The lowest BCUT2D eigenvalue weighted by atomic mass is 9.83. The first-order chi connectivity index (χ1) is 7.15. The maximum atomic E-state index is 10.9. The zero-order chi connectivity index (χ0) is 11.0. The third-order valence-electron chi connectivity index (χ3n) is 3.27. The molecule has 5 heteroatoms. The number of rotatable bonds is 2. The van der Waals surface area contributed by atoms with Crippen LogP contribution in [-0.2, 0) is 14.3 Å². The lowest BCUT2D eigenvalue weighted by Gasteiger charge is -2.31. The Morgan fingerprint density at radius 1 is 1.53 bits per heavy atom. The Morgan fingerprint density at radius 3 is 2.87 bits per heavy atom. The Bertz CT molecular complexity index is 322. The van der Waals surface area contributed by atoms with Gasteiger partial charge in [0.25, 0.3) is 0 Å². The molecule has 2 rings (SSSR count). The highest BCUT2D eigenvalue weighted by Gasteiger charge is 2.48. The summed E-state index contributed by atoms with van der Waals surface area (Å²) in [5, 5.41) is 18.5. The van der Waals surface area contributed by atoms with Gasteiger partial charge in [0, 0.05) is 11.5 Å². The standard InChI is InChI=1S/C10H12O5/c11-3-5-4-15-10(14)8-6(5)1-2-7(8)9(12)13/h3-4,6-8,10,14H,1-2H2,(H,12,13). The molecule has 5 nitrogen and oxygen atoms in total. The number of aliphatic hydroxyl groups is 1. The molecule has 0 saturated heterocycles. The summed E-state index contributed by atoms with van der Waals surface area (Å²) in [4.78, 5) is 21.6. The van der Waals surface area contributed by atoms with Gasteiger partial charge in [-0.3, -0.25) is 9.59 Å². The van der Waals surface area contributed by atoms with Gasteiger partial charge >= 0.3 is 5.97 Å². The van der Waals surface area contributed by atoms with Crippen molar-refractivity contribution >= 4 is 12.3 Å². The number of carboxylic acids is 1. The summed E-state index contributed by atoms with van der Waals surface area (Å²) < 4.78 is 4.87. The highest BCUT2D eigenvalue weighted by atomic mass is 16.6. The molecule has 2 N–H and O–H groups in total. The maximum absolute atomic E-state index is 10.9. The highest BCUT2D eigenvalue weighted by molar-refractivity contribution is 5.76. The molecule has 0 amide bonds. The van der Waals surface area contributed by atoms with Gasteiger partial charge in [0.2, 0.25) is 6.29 Å². The van der Waals surface area contributed by atoms with E-state index in [9.17, 15) is 14.7 Å². The van der Waals surface area contributed by atoms with Gasteiger partial charge in [-0.05, 0) is 18.8 Å². The molecule has 15 heavy (non-hydrogen) atoms. The average Bonchev–Trinajstić information content (AvgIpc) is 2.63. The minimum absolute atomic E-state index is 0.174. The molecule has 0 aromatic heterocycles. The van der Waals surface area contributed by atoms with Crippen molar-refractivity contribution in [3.05, 3.63) is 11.8 Å². The van der Waals surface area contributed by atoms with Crippen molar-refractivity contribution in [2.24, 2.45) is 17.8 Å². The fourth-order valence-corrected chi connectivity index (χ4v) is 2.54. The van der Waals surface area contributed by atoms with E-state index in [1.54, 1.807) is 0 Å². The van der Waals surface area contributed by atoms with Crippen LogP contribution in [0.4, 0.5) is 0 Å². The predicted octanol–water partition coefficient (Wildman–Crippen LogP) is 0.145. The Morgan fingerprint density at radius 2 is 2.27 bits per heavy atom. The normalized spacial score (nSPS) is 38.9. The monoisotopic (exact) mass is 212 g/mol. The Hall–Kier alpha value is -1.36. The fraction of sp³-hybridized carbons (Fsp3) is 0.600. The predicted molar refractivity (Wildman–Crippen MR) is 48.6 cm³/mol. The van der Waals surface area contributed by atoms with Crippen LogP contribution >= 0.6 is 0 Å². The topological polar surface area (TPSA) is 83.8 Å². The second-order valence-corrected chi connectivity index (χ2v) is 3.97. The molecule has 0 bridgehead atoms. The molecular weight excluding hydrogens is 200 g/mol. The van der Waals surface area contributed by atoms with E-state index >= 15 is 0 Å². The smallest absolute Gasteiger partial charge is 0.307 e. The molecular formula is C10H12O5. The summed E-state index contributed by atoms with van der Waals surface area (Å²) in [6, 6.07) is 0. The summed E-state index contributed by atoms with van der Waals surface area (Å²) in [5.41, 5.74) is 0.453. The molecule has 4 unspecified atom stereocenters. The van der Waals surface area contributed by atoms with Crippen LogP contribution < -0.4 is 0 Å². The zero-order valence-electron chi connectivity index (χ0n) is 8.00. The highest BCUT2D eigenvalue weighted by Crippen LogP contribution is 2.45. The molecule has 2 aliphatic rings. The SMILES string of the molecule is O=CC1=COC(O)C2C(C(=O)O)CCC12. The van der Waals surface area contributed by atoms with Gasteiger partial charge < -0.3 is 14.9 Å². The molecule has 1 aliphatic carbocycles. The second-order valence-electron chi connectivity index (χ2n) is 3.97. The lowest BCUT2D eigenvalue weighted by molar-refractivity contribution is -0.157. The molecule has 1 saturated carbocycles. The van der Waals surface area contributed by atoms with Crippen molar-refractivity contribution in [2.45, 2.75) is 19.1 Å². The minimum Gasteiger partial charge on any atom is -0.481 e. The number of fused-ring (bicyclic) bond motifs is 1. The molecule has 82 valence electrons. The van der Waals surface area contributed by atoms with Crippen molar-refractivity contribution < 1.29 is 24.5 Å². The van der Waals surface area contributed by atoms with Crippen molar-refractivity contribution in [3.63, 3.8) is 0 Å². The first kappa shape index (κ1) is 10.2. The number of carbonyl (C=O) groups excluding carboxylic acids is 1. The number of carbonyl (C=O) groups is 2. The van der Waals surface area contributed by atoms with Crippen LogP contribution in [0.5, 0.6) is 0 Å². The average molecular weight is 212 g/mol. The van der Waals surface area contributed by atoms with Gasteiger partial charge in [-0.15, -0.1) is 0 Å². The molecule has 1 aliphatic heterocycles. The molecule has 0 aromatic rings. The van der Waals surface area contributed by atoms with Crippen molar-refractivity contribution in [2.75, 3.05) is 0 Å². The van der Waals surface area contributed by atoms with Crippen LogP contribution in [0.1, 0.15) is 12.8 Å². The molecule has 0 radical (unpaired) electrons. The molecule has 1 heterocycles. The first-order valence-corrected chi connectivity index (χ1v) is 4.86. The van der Waals surface area contributed by atoms with Crippen LogP contribution in [0, 0.1) is 17.8 Å². The Labute approximate surface area is 86.3 Å². The number of allylic oxidation sites excluding steroid dienone is 1. The van der Waals surface area contributed by atoms with E-state index < -0.39 is 24.1 Å². The van der Waals surface area contributed by atoms with Crippen molar-refractivity contribution in [1.82, 2.24) is 0 Å². The van der Waals surface area contributed by atoms with Crippen molar-refractivity contribution in [1.29, 1.82) is 0 Å². The summed E-state index contributed by atoms with van der Waals surface area (Å²) in [6.45, 7) is 0. The van der Waals surface area contributed by atoms with E-state index in [4.69, 9.17) is 9.84 Å². The van der Waals surface area contributed by atoms with E-state index in [2.05, 4.69) is 0 Å². The van der Waals surface area contributed by atoms with Gasteiger partial charge in [-0.1, -0.05) is 0 Å². The van der Waals surface area contributed by atoms with E-state index in [0.717, 1.165) is 0 Å². The fourth-order valence-electron chi connectivity index (χ4n) is 2.54. The van der Waals surface area contributed by atoms with E-state index in [0.29, 0.717) is 24.7 Å². The second kappa shape index (κ2) is 3.66. The minimum atomic E-state index is -1.11. The van der Waals surface area contributed by atoms with Crippen LogP contribution in [-0.4, -0.2) is 28.8 Å². The number of aldehydes is 1. The number of carboxylic acid groups (broad SMARTS) is 1. The van der Waals surface area contributed by atoms with Gasteiger partial charge in [-0.2, -0.15) is 0 Å². The number of hydrogen-bond acceptors (Lipinski definition) is 4. The molecule has 0 aromatic carbocycles. The third kappa shape index (κ3) is 1.52. The van der Waals surface area contributed by atoms with Gasteiger partial charge in [0.1, 0.15) is 6.29 Å². The van der Waals surface area contributed by atoms with Gasteiger partial charge in [0.15, 0.2) is 0 Å². The van der Waals surface area contributed by atoms with Crippen LogP contribution in [0.15, 0.2) is 11.8 Å². The third-order valence-corrected chi connectivity index (χ3v) is 3.27. The summed E-state index contributed by atoms with van der Waals surface area (Å²) >= 11 is 0. The lowest BCUT2D eigenvalue weighted by Crippen LogP contribution is -2.37. The van der Waals surface area contributed by atoms with Crippen LogP contribution in [0.25, 0.3) is 0 Å². The number of hydrogen-bond donors (Lipinski definition) is 2. The number of aliphatic hydroxyl groups excluding tert-OH is 1. The van der Waals surface area contributed by atoms with E-state index in [1.165, 1.54) is 6.26 Å². The summed E-state index contributed by atoms with van der Waals surface area (Å²) in [5.74, 6) is -2.22. The summed E-state index contributed by atoms with van der Waals surface area (Å²) in [6.07, 6.45) is 1.90. The molecule has 0 spiro atoms. The van der Waals surface area contributed by atoms with Gasteiger partial charge in [-0.25, -0.2) is 0 Å². The first-order valence-electron chi connectivity index (χ1n) is 4.86. The molecule has 4 atom stereocenters. The number of aliphatic carboxylic acids is 1. The maximum Gasteiger partial charge on any atom is 0.307 e. The quantitative estimate of drug-likeness (QED) is 0.636. The van der Waals surface area contributed by atoms with Crippen molar-refractivity contribution in [3.8, 4) is 0 Å². The largest absolute Gasteiger partial charge is 0.481 e. The van der Waals surface area contributed by atoms with E-state index in [-0.39, 0.29) is 5.92 Å². The van der Waals surface area contributed by atoms with E-state index in [1.807, 2.05) is 0 Å². The number of ether oxygens (including phenoxy) is 1. The zero-order valence-corrected chi connectivity index (χ0v) is 8.00.